The van der Waals surface area contributed by atoms with Crippen molar-refractivity contribution in [1.29, 1.82) is 0 Å². The van der Waals surface area contributed by atoms with E-state index in [0.29, 0.717) is 0 Å². The lowest BCUT2D eigenvalue weighted by Gasteiger charge is -2.28. The molecule has 176 valence electrons. The summed E-state index contributed by atoms with van der Waals surface area (Å²) in [6.45, 7) is -4.06. The van der Waals surface area contributed by atoms with Crippen molar-refractivity contribution in [3.63, 3.8) is 0 Å². The lowest BCUT2D eigenvalue weighted by Crippen LogP contribution is -2.42. The van der Waals surface area contributed by atoms with E-state index in [1.807, 2.05) is 0 Å². The second-order valence-electron chi connectivity index (χ2n) is 5.68. The molecule has 0 radical (unpaired) electrons. The first-order chi connectivity index (χ1) is 13.1. The van der Waals surface area contributed by atoms with Gasteiger partial charge in [-0.1, -0.05) is 0 Å². The highest BCUT2D eigenvalue weighted by molar-refractivity contribution is 4.68. The number of ether oxygens (including phenoxy) is 4. The molecule has 0 fully saturated rings. The zero-order valence-corrected chi connectivity index (χ0v) is 14.9. The minimum atomic E-state index is -5.25. The van der Waals surface area contributed by atoms with Crippen LogP contribution in [0, 0.1) is 0 Å². The number of halogens is 8. The van der Waals surface area contributed by atoms with Crippen molar-refractivity contribution in [2.24, 2.45) is 0 Å². The van der Waals surface area contributed by atoms with Gasteiger partial charge in [0.05, 0.1) is 52.5 Å². The number of hydrogen-bond acceptors (Lipinski definition) is 7. The van der Waals surface area contributed by atoms with Gasteiger partial charge < -0.3 is 24.8 Å². The van der Waals surface area contributed by atoms with E-state index in [4.69, 9.17) is 15.3 Å². The topological polar surface area (TPSA) is 97.6 Å². The van der Waals surface area contributed by atoms with Crippen molar-refractivity contribution >= 4 is 0 Å². The van der Waals surface area contributed by atoms with Gasteiger partial charge in [0.2, 0.25) is 0 Å². The van der Waals surface area contributed by atoms with Crippen molar-refractivity contribution in [3.05, 3.63) is 0 Å². The molecule has 0 saturated heterocycles. The molecule has 1 atom stereocenters. The Hall–Kier alpha value is -0.840. The Balaban J connectivity index is 4.58. The van der Waals surface area contributed by atoms with E-state index in [-0.39, 0.29) is 6.61 Å². The van der Waals surface area contributed by atoms with Gasteiger partial charge in [-0.25, -0.2) is 0 Å². The maximum atomic E-state index is 13.4. The van der Waals surface area contributed by atoms with Gasteiger partial charge in [-0.2, -0.15) is 35.1 Å². The molecule has 0 aliphatic carbocycles. The summed E-state index contributed by atoms with van der Waals surface area (Å²) >= 11 is 0. The van der Waals surface area contributed by atoms with Crippen LogP contribution in [-0.2, 0) is 18.9 Å². The van der Waals surface area contributed by atoms with Crippen molar-refractivity contribution in [2.75, 3.05) is 39.6 Å². The molecule has 7 nitrogen and oxygen atoms in total. The van der Waals surface area contributed by atoms with E-state index in [9.17, 15) is 35.1 Å². The molecule has 0 aliphatic rings. The summed E-state index contributed by atoms with van der Waals surface area (Å²) in [4.78, 5) is 0. The monoisotopic (exact) mass is 454 g/mol. The average molecular weight is 454 g/mol. The molecule has 0 spiro atoms. The second-order valence-corrected chi connectivity index (χ2v) is 5.68. The molecule has 0 rings (SSSR count). The van der Waals surface area contributed by atoms with E-state index >= 15 is 0 Å². The molecule has 0 amide bonds. The van der Waals surface area contributed by atoms with Crippen LogP contribution < -0.4 is 0 Å². The van der Waals surface area contributed by atoms with Gasteiger partial charge in [0.25, 0.3) is 0 Å². The van der Waals surface area contributed by atoms with Gasteiger partial charge in [0.15, 0.2) is 0 Å². The fraction of sp³-hybridized carbons (Fsp3) is 1.00. The zero-order chi connectivity index (χ0) is 22.8. The van der Waals surface area contributed by atoms with Gasteiger partial charge in [-0.15, -0.1) is 0 Å². The number of aliphatic hydroxyl groups is 3. The SMILES string of the molecule is OCCOCCC(F)(F)OC(F)(F)CC(F)(F)OC(F)(F)CCOCC(O)CO. The molecule has 0 aromatic rings. The van der Waals surface area contributed by atoms with Crippen molar-refractivity contribution < 1.29 is 69.4 Å². The Kier molecular flexibility index (Phi) is 11.8. The summed E-state index contributed by atoms with van der Waals surface area (Å²) in [5, 5.41) is 25.7. The smallest absolute Gasteiger partial charge is 0.368 e. The second kappa shape index (κ2) is 12.1. The fourth-order valence-corrected chi connectivity index (χ4v) is 1.67. The van der Waals surface area contributed by atoms with Crippen LogP contribution in [0.1, 0.15) is 19.3 Å². The average Bonchev–Trinajstić information content (AvgIpc) is 2.52. The van der Waals surface area contributed by atoms with Gasteiger partial charge in [-0.05, 0) is 0 Å². The van der Waals surface area contributed by atoms with Crippen molar-refractivity contribution in [2.45, 2.75) is 49.8 Å². The summed E-state index contributed by atoms with van der Waals surface area (Å²) in [6, 6.07) is 0. The first kappa shape index (κ1) is 28.2. The van der Waals surface area contributed by atoms with Crippen LogP contribution >= 0.6 is 0 Å². The van der Waals surface area contributed by atoms with E-state index in [2.05, 4.69) is 18.9 Å². The van der Waals surface area contributed by atoms with Gasteiger partial charge in [0.1, 0.15) is 12.5 Å². The molecule has 0 aromatic carbocycles. The number of aliphatic hydroxyl groups excluding tert-OH is 3. The van der Waals surface area contributed by atoms with Gasteiger partial charge in [0, 0.05) is 0 Å². The maximum Gasteiger partial charge on any atom is 0.368 e. The highest BCUT2D eigenvalue weighted by atomic mass is 19.3. The molecule has 0 saturated carbocycles. The summed E-state index contributed by atoms with van der Waals surface area (Å²) in [7, 11) is 0. The van der Waals surface area contributed by atoms with Crippen LogP contribution in [-0.4, -0.2) is 85.5 Å². The quantitative estimate of drug-likeness (QED) is 0.228. The first-order valence-electron chi connectivity index (χ1n) is 8.10. The Bertz CT molecular complexity index is 454. The molecule has 0 bridgehead atoms. The fourth-order valence-electron chi connectivity index (χ4n) is 1.67. The molecular weight excluding hydrogens is 432 g/mol. The summed E-state index contributed by atoms with van der Waals surface area (Å²) < 4.78 is 121. The first-order valence-corrected chi connectivity index (χ1v) is 8.10. The van der Waals surface area contributed by atoms with E-state index in [1.54, 1.807) is 0 Å². The van der Waals surface area contributed by atoms with Crippen LogP contribution in [0.3, 0.4) is 0 Å². The zero-order valence-electron chi connectivity index (χ0n) is 14.9. The molecule has 0 heterocycles. The van der Waals surface area contributed by atoms with Crippen LogP contribution in [0.15, 0.2) is 0 Å². The van der Waals surface area contributed by atoms with Crippen molar-refractivity contribution in [1.82, 2.24) is 0 Å². The van der Waals surface area contributed by atoms with Crippen LogP contribution in [0.2, 0.25) is 0 Å². The lowest BCUT2D eigenvalue weighted by molar-refractivity contribution is -0.432. The lowest BCUT2D eigenvalue weighted by atomic mass is 10.3. The minimum Gasteiger partial charge on any atom is -0.394 e. The van der Waals surface area contributed by atoms with E-state index in [0.717, 1.165) is 0 Å². The van der Waals surface area contributed by atoms with Crippen LogP contribution in [0.5, 0.6) is 0 Å². The highest BCUT2D eigenvalue weighted by Gasteiger charge is 2.54. The Labute approximate surface area is 160 Å². The Morgan fingerprint density at radius 2 is 1.10 bits per heavy atom. The van der Waals surface area contributed by atoms with Crippen molar-refractivity contribution in [3.8, 4) is 0 Å². The molecule has 1 unspecified atom stereocenters. The Morgan fingerprint density at radius 1 is 0.655 bits per heavy atom. The van der Waals surface area contributed by atoms with E-state index in [1.165, 1.54) is 0 Å². The molecule has 15 heteroatoms. The third-order valence-electron chi connectivity index (χ3n) is 2.84. The third kappa shape index (κ3) is 14.7. The third-order valence-corrected chi connectivity index (χ3v) is 2.84. The normalized spacial score (nSPS) is 15.0. The number of alkyl halides is 8. The number of hydrogen-bond donors (Lipinski definition) is 3. The highest BCUT2D eigenvalue weighted by Crippen LogP contribution is 2.40. The van der Waals surface area contributed by atoms with E-state index < -0.39 is 82.8 Å². The maximum absolute atomic E-state index is 13.4. The van der Waals surface area contributed by atoms with Gasteiger partial charge >= 0.3 is 24.4 Å². The molecule has 0 aliphatic heterocycles. The summed E-state index contributed by atoms with van der Waals surface area (Å²) in [6.07, 6.45) is -27.1. The molecule has 0 aromatic heterocycles. The van der Waals surface area contributed by atoms with Crippen LogP contribution in [0.4, 0.5) is 35.1 Å². The van der Waals surface area contributed by atoms with Gasteiger partial charge in [-0.3, -0.25) is 9.47 Å². The standard InChI is InChI=1S/C14H22F8O7/c15-11(16,1-4-26-6-3-23)28-13(19,20)9-14(21,22)29-12(17,18)2-5-27-8-10(25)7-24/h10,23-25H,1-9H2. The predicted molar refractivity (Wildman–Crippen MR) is 77.6 cm³/mol. The predicted octanol–water partition coefficient (Wildman–Crippen LogP) is 1.94. The summed E-state index contributed by atoms with van der Waals surface area (Å²) in [5.41, 5.74) is 0. The molecule has 29 heavy (non-hydrogen) atoms. The Morgan fingerprint density at radius 3 is 1.52 bits per heavy atom. The largest absolute Gasteiger partial charge is 0.394 e. The molecule has 3 N–H and O–H groups in total. The summed E-state index contributed by atoms with van der Waals surface area (Å²) in [5.74, 6) is 0. The number of rotatable bonds is 17. The van der Waals surface area contributed by atoms with Crippen LogP contribution in [0.25, 0.3) is 0 Å². The minimum absolute atomic E-state index is 0.379. The molecular formula is C14H22F8O7.